The van der Waals surface area contributed by atoms with Gasteiger partial charge in [-0.2, -0.15) is 5.10 Å². The summed E-state index contributed by atoms with van der Waals surface area (Å²) in [6.07, 6.45) is 3.77. The minimum atomic E-state index is -1.12. The van der Waals surface area contributed by atoms with E-state index in [1.54, 1.807) is 18.2 Å². The summed E-state index contributed by atoms with van der Waals surface area (Å²) in [5, 5.41) is 19.1. The number of rotatable bonds is 6. The normalized spacial score (nSPS) is 10.6. The van der Waals surface area contributed by atoms with E-state index in [0.717, 1.165) is 6.20 Å². The molecule has 0 aliphatic carbocycles. The molecule has 3 aromatic rings. The minimum absolute atomic E-state index is 0.0138. The van der Waals surface area contributed by atoms with Gasteiger partial charge >= 0.3 is 5.97 Å². The molecule has 128 valence electrons. The van der Waals surface area contributed by atoms with E-state index in [9.17, 15) is 14.0 Å². The largest absolute Gasteiger partial charge is 0.478 e. The SMILES string of the molecule is O=C(Cn1cc(C(=O)O)cn1)Nc1ncn(Cc2ccccc2F)n1. The highest BCUT2D eigenvalue weighted by molar-refractivity contribution is 5.89. The van der Waals surface area contributed by atoms with Crippen molar-refractivity contribution in [1.29, 1.82) is 0 Å². The highest BCUT2D eigenvalue weighted by Gasteiger charge is 2.11. The second kappa shape index (κ2) is 6.91. The first-order valence-corrected chi connectivity index (χ1v) is 7.20. The van der Waals surface area contributed by atoms with E-state index in [1.807, 2.05) is 0 Å². The van der Waals surface area contributed by atoms with Gasteiger partial charge in [0.1, 0.15) is 18.7 Å². The molecule has 0 aliphatic rings. The number of hydrogen-bond acceptors (Lipinski definition) is 5. The van der Waals surface area contributed by atoms with Crippen molar-refractivity contribution in [3.63, 3.8) is 0 Å². The number of carbonyl (C=O) groups is 2. The molecule has 1 aromatic carbocycles. The van der Waals surface area contributed by atoms with Crippen LogP contribution in [-0.2, 0) is 17.9 Å². The number of carboxylic acids is 1. The van der Waals surface area contributed by atoms with Crippen LogP contribution in [0.3, 0.4) is 0 Å². The number of amides is 1. The van der Waals surface area contributed by atoms with E-state index in [2.05, 4.69) is 20.5 Å². The Balaban J connectivity index is 1.59. The van der Waals surface area contributed by atoms with Crippen molar-refractivity contribution in [2.45, 2.75) is 13.1 Å². The van der Waals surface area contributed by atoms with Crippen LogP contribution in [0.25, 0.3) is 0 Å². The highest BCUT2D eigenvalue weighted by atomic mass is 19.1. The Hall–Kier alpha value is -3.56. The number of carbonyl (C=O) groups excluding carboxylic acids is 1. The van der Waals surface area contributed by atoms with Crippen LogP contribution in [0, 0.1) is 5.82 Å². The molecule has 2 aromatic heterocycles. The first-order chi connectivity index (χ1) is 12.0. The fourth-order valence-electron chi connectivity index (χ4n) is 2.10. The molecule has 0 atom stereocenters. The van der Waals surface area contributed by atoms with Gasteiger partial charge in [-0.15, -0.1) is 5.10 Å². The van der Waals surface area contributed by atoms with E-state index in [1.165, 1.54) is 28.0 Å². The quantitative estimate of drug-likeness (QED) is 0.689. The predicted octanol–water partition coefficient (Wildman–Crippen LogP) is 0.999. The Morgan fingerprint density at radius 3 is 2.76 bits per heavy atom. The number of aromatic nitrogens is 5. The van der Waals surface area contributed by atoms with Gasteiger partial charge in [0.2, 0.25) is 11.9 Å². The Kier molecular flexibility index (Phi) is 4.50. The van der Waals surface area contributed by atoms with Gasteiger partial charge in [-0.3, -0.25) is 14.8 Å². The summed E-state index contributed by atoms with van der Waals surface area (Å²) in [5.41, 5.74) is 0.433. The zero-order chi connectivity index (χ0) is 17.8. The molecular formula is C15H13FN6O3. The van der Waals surface area contributed by atoms with E-state index in [0.29, 0.717) is 5.56 Å². The molecule has 0 fully saturated rings. The van der Waals surface area contributed by atoms with Crippen LogP contribution in [0.2, 0.25) is 0 Å². The third-order valence-electron chi connectivity index (χ3n) is 3.26. The first-order valence-electron chi connectivity index (χ1n) is 7.20. The Bertz CT molecular complexity index is 919. The van der Waals surface area contributed by atoms with Crippen molar-refractivity contribution in [2.75, 3.05) is 5.32 Å². The lowest BCUT2D eigenvalue weighted by molar-refractivity contribution is -0.117. The monoisotopic (exact) mass is 344 g/mol. The number of aromatic carboxylic acids is 1. The van der Waals surface area contributed by atoms with Crippen molar-refractivity contribution in [2.24, 2.45) is 0 Å². The van der Waals surface area contributed by atoms with E-state index in [-0.39, 0.29) is 30.4 Å². The molecule has 2 N–H and O–H groups in total. The summed E-state index contributed by atoms with van der Waals surface area (Å²) in [4.78, 5) is 26.6. The maximum atomic E-state index is 13.6. The van der Waals surface area contributed by atoms with Gasteiger partial charge in [0.25, 0.3) is 0 Å². The second-order valence-corrected chi connectivity index (χ2v) is 5.14. The third-order valence-corrected chi connectivity index (χ3v) is 3.26. The minimum Gasteiger partial charge on any atom is -0.478 e. The maximum Gasteiger partial charge on any atom is 0.338 e. The summed E-state index contributed by atoms with van der Waals surface area (Å²) in [6, 6.07) is 6.29. The van der Waals surface area contributed by atoms with Crippen LogP contribution in [0.5, 0.6) is 0 Å². The van der Waals surface area contributed by atoms with Crippen LogP contribution in [0.1, 0.15) is 15.9 Å². The van der Waals surface area contributed by atoms with Crippen molar-refractivity contribution in [3.8, 4) is 0 Å². The van der Waals surface area contributed by atoms with E-state index < -0.39 is 11.9 Å². The Morgan fingerprint density at radius 1 is 1.24 bits per heavy atom. The molecule has 3 rings (SSSR count). The van der Waals surface area contributed by atoms with Gasteiger partial charge in [-0.25, -0.2) is 18.9 Å². The molecule has 0 saturated heterocycles. The molecular weight excluding hydrogens is 331 g/mol. The lowest BCUT2D eigenvalue weighted by Crippen LogP contribution is -2.20. The third kappa shape index (κ3) is 4.05. The number of carboxylic acid groups (broad SMARTS) is 1. The van der Waals surface area contributed by atoms with Gasteiger partial charge in [0.05, 0.1) is 18.3 Å². The van der Waals surface area contributed by atoms with E-state index >= 15 is 0 Å². The number of benzene rings is 1. The van der Waals surface area contributed by atoms with Crippen molar-refractivity contribution in [1.82, 2.24) is 24.5 Å². The molecule has 2 heterocycles. The predicted molar refractivity (Wildman–Crippen MR) is 83.3 cm³/mol. The standard InChI is InChI=1S/C15H13FN6O3/c16-12-4-2-1-3-10(12)6-22-9-17-15(20-22)19-13(23)8-21-7-11(5-18-21)14(24)25/h1-5,7,9H,6,8H2,(H,24,25)(H,19,20,23). The molecule has 0 saturated carbocycles. The fourth-order valence-corrected chi connectivity index (χ4v) is 2.10. The maximum absolute atomic E-state index is 13.6. The van der Waals surface area contributed by atoms with E-state index in [4.69, 9.17) is 5.11 Å². The van der Waals surface area contributed by atoms with Crippen LogP contribution >= 0.6 is 0 Å². The molecule has 25 heavy (non-hydrogen) atoms. The highest BCUT2D eigenvalue weighted by Crippen LogP contribution is 2.08. The number of hydrogen-bond donors (Lipinski definition) is 2. The van der Waals surface area contributed by atoms with Gasteiger partial charge in [0.15, 0.2) is 0 Å². The zero-order valence-corrected chi connectivity index (χ0v) is 12.8. The van der Waals surface area contributed by atoms with Crippen LogP contribution in [-0.4, -0.2) is 41.5 Å². The molecule has 10 heteroatoms. The number of halogens is 1. The van der Waals surface area contributed by atoms with Crippen molar-refractivity contribution >= 4 is 17.8 Å². The van der Waals surface area contributed by atoms with Crippen molar-refractivity contribution in [3.05, 3.63) is 59.9 Å². The first kappa shape index (κ1) is 16.3. The van der Waals surface area contributed by atoms with Crippen LogP contribution < -0.4 is 5.32 Å². The van der Waals surface area contributed by atoms with Gasteiger partial charge in [-0.1, -0.05) is 18.2 Å². The lowest BCUT2D eigenvalue weighted by Gasteiger charge is -2.03. The summed E-state index contributed by atoms with van der Waals surface area (Å²) in [6.45, 7) is -0.00813. The van der Waals surface area contributed by atoms with Gasteiger partial charge in [0, 0.05) is 11.8 Å². The molecule has 0 unspecified atom stereocenters. The van der Waals surface area contributed by atoms with Gasteiger partial charge < -0.3 is 5.11 Å². The number of anilines is 1. The number of nitrogens with zero attached hydrogens (tertiary/aromatic N) is 5. The molecule has 0 bridgehead atoms. The molecule has 0 aliphatic heterocycles. The average Bonchev–Trinajstić information content (AvgIpc) is 3.19. The molecule has 9 nitrogen and oxygen atoms in total. The Labute approximate surface area is 140 Å². The summed E-state index contributed by atoms with van der Waals surface area (Å²) >= 11 is 0. The smallest absolute Gasteiger partial charge is 0.338 e. The summed E-state index contributed by atoms with van der Waals surface area (Å²) < 4.78 is 16.2. The zero-order valence-electron chi connectivity index (χ0n) is 12.8. The van der Waals surface area contributed by atoms with Crippen molar-refractivity contribution < 1.29 is 19.1 Å². The Morgan fingerprint density at radius 2 is 2.04 bits per heavy atom. The second-order valence-electron chi connectivity index (χ2n) is 5.14. The topological polar surface area (TPSA) is 115 Å². The summed E-state index contributed by atoms with van der Waals surface area (Å²) in [7, 11) is 0. The average molecular weight is 344 g/mol. The fraction of sp³-hybridized carbons (Fsp3) is 0.133. The molecule has 1 amide bonds. The summed E-state index contributed by atoms with van der Waals surface area (Å²) in [5.74, 6) is -1.88. The molecule has 0 radical (unpaired) electrons. The molecule has 0 spiro atoms. The number of nitrogens with one attached hydrogen (secondary N) is 1. The lowest BCUT2D eigenvalue weighted by atomic mass is 10.2. The van der Waals surface area contributed by atoms with Crippen LogP contribution in [0.4, 0.5) is 10.3 Å². The van der Waals surface area contributed by atoms with Gasteiger partial charge in [-0.05, 0) is 6.07 Å². The van der Waals surface area contributed by atoms with Crippen LogP contribution in [0.15, 0.2) is 43.0 Å².